The summed E-state index contributed by atoms with van der Waals surface area (Å²) in [5, 5.41) is 9.29. The van der Waals surface area contributed by atoms with Gasteiger partial charge in [-0.15, -0.1) is 0 Å². The molecule has 0 saturated carbocycles. The van der Waals surface area contributed by atoms with Crippen molar-refractivity contribution in [3.63, 3.8) is 0 Å². The molecule has 0 unspecified atom stereocenters. The average molecular weight is 504 g/mol. The highest BCUT2D eigenvalue weighted by molar-refractivity contribution is 6.67. The fraction of sp³-hybridized carbons (Fsp3) is 0.231. The van der Waals surface area contributed by atoms with Gasteiger partial charge in [0.05, 0.1) is 40.3 Å². The monoisotopic (exact) mass is 500 g/mol. The van der Waals surface area contributed by atoms with Gasteiger partial charge in [0.2, 0.25) is 0 Å². The van der Waals surface area contributed by atoms with E-state index in [1.165, 1.54) is 0 Å². The van der Waals surface area contributed by atoms with Crippen LogP contribution in [0.15, 0.2) is 50.5 Å². The van der Waals surface area contributed by atoms with Gasteiger partial charge in [-0.2, -0.15) is 10.2 Å². The van der Waals surface area contributed by atoms with Gasteiger partial charge in [0.1, 0.15) is 17.1 Å². The summed E-state index contributed by atoms with van der Waals surface area (Å²) in [4.78, 5) is 0. The third-order valence-corrected chi connectivity index (χ3v) is 6.45. The molecule has 4 nitrogen and oxygen atoms in total. The normalized spacial score (nSPS) is 18.8. The number of nitrogens with zero attached hydrogens (tertiary/aromatic N) is 2. The lowest BCUT2D eigenvalue weighted by atomic mass is 10.3. The molecular weight excluding hydrogens is 496 g/mol. The molecule has 0 aromatic heterocycles. The number of rotatable bonds is 4. The molecule has 0 aromatic rings. The van der Waals surface area contributed by atoms with E-state index in [1.54, 1.807) is 13.8 Å². The Labute approximate surface area is 184 Å². The molecule has 136 valence electrons. The number of allylic oxidation sites excluding steroid dienone is 8. The van der Waals surface area contributed by atoms with E-state index in [4.69, 9.17) is 92.8 Å². The molecule has 2 aliphatic rings. The van der Waals surface area contributed by atoms with E-state index in [9.17, 15) is 0 Å². The smallest absolute Gasteiger partial charge is 0.133 e. The predicted octanol–water partition coefficient (Wildman–Crippen LogP) is 6.40. The predicted molar refractivity (Wildman–Crippen MR) is 110 cm³/mol. The molecule has 12 heteroatoms. The van der Waals surface area contributed by atoms with Gasteiger partial charge in [0, 0.05) is 0 Å². The standard InChI is InChI=1S/C13H8Cl8N4/c1-13(2,24-22-11-7(18)3(14)4(15)8(11)19)25-23-12-9(20)5(16)6(17)10(12)21/h24-25H,1-2H3. The lowest BCUT2D eigenvalue weighted by Gasteiger charge is -2.24. The van der Waals surface area contributed by atoms with Crippen molar-refractivity contribution in [2.45, 2.75) is 19.5 Å². The van der Waals surface area contributed by atoms with Gasteiger partial charge in [0.15, 0.2) is 0 Å². The minimum absolute atomic E-state index is 0.129. The van der Waals surface area contributed by atoms with Crippen LogP contribution in [0.2, 0.25) is 0 Å². The van der Waals surface area contributed by atoms with Crippen molar-refractivity contribution < 1.29 is 0 Å². The van der Waals surface area contributed by atoms with Crippen molar-refractivity contribution in [1.82, 2.24) is 10.9 Å². The molecule has 2 rings (SSSR count). The zero-order valence-corrected chi connectivity index (χ0v) is 18.5. The molecule has 0 spiro atoms. The maximum atomic E-state index is 6.04. The van der Waals surface area contributed by atoms with Gasteiger partial charge in [0.25, 0.3) is 0 Å². The second kappa shape index (κ2) is 8.07. The lowest BCUT2D eigenvalue weighted by molar-refractivity contribution is 0.326. The first kappa shape index (κ1) is 21.5. The summed E-state index contributed by atoms with van der Waals surface area (Å²) in [6.07, 6.45) is 0. The first-order valence-corrected chi connectivity index (χ1v) is 9.43. The number of halogens is 8. The minimum atomic E-state index is -0.855. The molecule has 2 aliphatic carbocycles. The Balaban J connectivity index is 2.17. The van der Waals surface area contributed by atoms with Crippen LogP contribution in [-0.2, 0) is 0 Å². The van der Waals surface area contributed by atoms with Crippen LogP contribution >= 0.6 is 92.8 Å². The maximum absolute atomic E-state index is 6.04. The Morgan fingerprint density at radius 1 is 0.520 bits per heavy atom. The van der Waals surface area contributed by atoms with E-state index in [2.05, 4.69) is 21.1 Å². The first-order valence-electron chi connectivity index (χ1n) is 6.41. The van der Waals surface area contributed by atoms with Crippen LogP contribution in [0, 0.1) is 0 Å². The van der Waals surface area contributed by atoms with E-state index in [-0.39, 0.29) is 51.7 Å². The Morgan fingerprint density at radius 2 is 0.760 bits per heavy atom. The molecule has 0 atom stereocenters. The van der Waals surface area contributed by atoms with E-state index in [0.29, 0.717) is 0 Å². The number of hydrogen-bond donors (Lipinski definition) is 2. The number of nitrogens with one attached hydrogen (secondary N) is 2. The summed E-state index contributed by atoms with van der Waals surface area (Å²) in [6, 6.07) is 0. The summed E-state index contributed by atoms with van der Waals surface area (Å²) >= 11 is 47.8. The quantitative estimate of drug-likeness (QED) is 0.344. The highest BCUT2D eigenvalue weighted by Crippen LogP contribution is 2.40. The lowest BCUT2D eigenvalue weighted by Crippen LogP contribution is -2.48. The Kier molecular flexibility index (Phi) is 6.95. The third-order valence-electron chi connectivity index (χ3n) is 2.88. The maximum Gasteiger partial charge on any atom is 0.133 e. The second-order valence-electron chi connectivity index (χ2n) is 5.28. The van der Waals surface area contributed by atoms with Crippen LogP contribution < -0.4 is 10.9 Å². The van der Waals surface area contributed by atoms with Crippen LogP contribution in [0.1, 0.15) is 13.8 Å². The summed E-state index contributed by atoms with van der Waals surface area (Å²) in [6.45, 7) is 3.48. The molecule has 0 aromatic carbocycles. The summed E-state index contributed by atoms with van der Waals surface area (Å²) < 4.78 is 0. The summed E-state index contributed by atoms with van der Waals surface area (Å²) in [5.41, 5.74) is 5.19. The van der Waals surface area contributed by atoms with Crippen molar-refractivity contribution in [1.29, 1.82) is 0 Å². The van der Waals surface area contributed by atoms with Crippen molar-refractivity contribution in [3.8, 4) is 0 Å². The fourth-order valence-electron chi connectivity index (χ4n) is 1.61. The molecule has 0 saturated heterocycles. The SMILES string of the molecule is CC(C)(NN=C1C(Cl)=C(Cl)C(Cl)=C1Cl)NN=C1C(Cl)=C(Cl)C(Cl)=C1Cl. The van der Waals surface area contributed by atoms with Gasteiger partial charge in [-0.1, -0.05) is 92.8 Å². The van der Waals surface area contributed by atoms with Crippen LogP contribution in [0.25, 0.3) is 0 Å². The molecule has 0 radical (unpaired) electrons. The Hall–Kier alpha value is 0.220. The fourth-order valence-corrected chi connectivity index (χ4v) is 3.56. The van der Waals surface area contributed by atoms with Crippen LogP contribution in [0.5, 0.6) is 0 Å². The Bertz CT molecular complexity index is 698. The van der Waals surface area contributed by atoms with Gasteiger partial charge in [-0.05, 0) is 13.8 Å². The van der Waals surface area contributed by atoms with Crippen molar-refractivity contribution in [3.05, 3.63) is 40.3 Å². The van der Waals surface area contributed by atoms with E-state index in [1.807, 2.05) is 0 Å². The molecule has 0 fully saturated rings. The summed E-state index contributed by atoms with van der Waals surface area (Å²) in [7, 11) is 0. The first-order chi connectivity index (χ1) is 11.5. The zero-order chi connectivity index (χ0) is 19.1. The topological polar surface area (TPSA) is 48.8 Å². The molecule has 0 amide bonds. The highest BCUT2D eigenvalue weighted by atomic mass is 35.5. The number of hydrogen-bond acceptors (Lipinski definition) is 4. The van der Waals surface area contributed by atoms with Crippen molar-refractivity contribution in [2.75, 3.05) is 0 Å². The summed E-state index contributed by atoms with van der Waals surface area (Å²) in [5.74, 6) is 0. The average Bonchev–Trinajstić information content (AvgIpc) is 2.85. The van der Waals surface area contributed by atoms with Crippen LogP contribution in [0.3, 0.4) is 0 Å². The van der Waals surface area contributed by atoms with Gasteiger partial charge >= 0.3 is 0 Å². The van der Waals surface area contributed by atoms with E-state index >= 15 is 0 Å². The molecule has 0 heterocycles. The highest BCUT2D eigenvalue weighted by Gasteiger charge is 2.29. The molecule has 0 bridgehead atoms. The minimum Gasteiger partial charge on any atom is -0.284 e. The molecule has 0 aliphatic heterocycles. The second-order valence-corrected chi connectivity index (χ2v) is 8.31. The zero-order valence-electron chi connectivity index (χ0n) is 12.4. The molecule has 25 heavy (non-hydrogen) atoms. The van der Waals surface area contributed by atoms with Gasteiger partial charge in [-0.3, -0.25) is 10.9 Å². The van der Waals surface area contributed by atoms with Gasteiger partial charge in [-0.25, -0.2) is 0 Å². The largest absolute Gasteiger partial charge is 0.284 e. The van der Waals surface area contributed by atoms with Crippen LogP contribution in [0.4, 0.5) is 0 Å². The molecule has 2 N–H and O–H groups in total. The van der Waals surface area contributed by atoms with E-state index < -0.39 is 5.66 Å². The van der Waals surface area contributed by atoms with Crippen molar-refractivity contribution in [2.24, 2.45) is 10.2 Å². The molecular formula is C13H8Cl8N4. The van der Waals surface area contributed by atoms with Crippen molar-refractivity contribution >= 4 is 104 Å². The Morgan fingerprint density at radius 3 is 1.00 bits per heavy atom. The number of hydrazone groups is 2. The van der Waals surface area contributed by atoms with Crippen LogP contribution in [-0.4, -0.2) is 17.1 Å². The third kappa shape index (κ3) is 4.39. The van der Waals surface area contributed by atoms with Gasteiger partial charge < -0.3 is 0 Å². The van der Waals surface area contributed by atoms with E-state index in [0.717, 1.165) is 0 Å².